The maximum absolute atomic E-state index is 13.1. The molecule has 5 rings (SSSR count). The number of imidazole rings is 2. The molecule has 12 nitrogen and oxygen atoms in total. The van der Waals surface area contributed by atoms with Gasteiger partial charge in [0.15, 0.2) is 0 Å². The van der Waals surface area contributed by atoms with E-state index in [1.165, 1.54) is 12.7 Å². The molecule has 2 aromatic heterocycles. The van der Waals surface area contributed by atoms with Crippen LogP contribution < -0.4 is 21.7 Å². The topological polar surface area (TPSA) is 180 Å². The Hall–Kier alpha value is -5.41. The molecule has 3 amide bonds. The maximum Gasteiger partial charge on any atom is 0.407 e. The molecule has 0 spiro atoms. The minimum absolute atomic E-state index is 0.0212. The average Bonchev–Trinajstić information content (AvgIpc) is 3.73. The second-order valence-electron chi connectivity index (χ2n) is 13.4. The summed E-state index contributed by atoms with van der Waals surface area (Å²) in [6, 6.07) is 12.1. The quantitative estimate of drug-likeness (QED) is 0.121. The van der Waals surface area contributed by atoms with Gasteiger partial charge in [0.2, 0.25) is 11.8 Å². The van der Waals surface area contributed by atoms with E-state index < -0.39 is 30.3 Å². The number of H-pyrrole nitrogens is 2. The zero-order valence-corrected chi connectivity index (χ0v) is 29.4. The summed E-state index contributed by atoms with van der Waals surface area (Å²) in [4.78, 5) is 53.4. The van der Waals surface area contributed by atoms with Crippen LogP contribution in [0.2, 0.25) is 0 Å². The Kier molecular flexibility index (Phi) is 11.1. The molecule has 0 radical (unpaired) electrons. The van der Waals surface area contributed by atoms with Gasteiger partial charge in [-0.2, -0.15) is 0 Å². The van der Waals surface area contributed by atoms with Crippen LogP contribution in [0.5, 0.6) is 0 Å². The van der Waals surface area contributed by atoms with Crippen LogP contribution in [-0.2, 0) is 27.2 Å². The van der Waals surface area contributed by atoms with Crippen molar-refractivity contribution in [3.8, 4) is 46.0 Å². The van der Waals surface area contributed by atoms with Crippen molar-refractivity contribution in [3.63, 3.8) is 0 Å². The average molecular weight is 679 g/mol. The molecular formula is C38H46N8O4. The summed E-state index contributed by atoms with van der Waals surface area (Å²) in [6.45, 7) is 9.36. The number of amides is 3. The van der Waals surface area contributed by atoms with Gasteiger partial charge in [-0.3, -0.25) is 9.59 Å². The molecule has 262 valence electrons. The minimum Gasteiger partial charge on any atom is -0.453 e. The number of ether oxygens (including phenoxy) is 1. The summed E-state index contributed by atoms with van der Waals surface area (Å²) in [7, 11) is 1.27. The highest BCUT2D eigenvalue weighted by Gasteiger charge is 2.28. The summed E-state index contributed by atoms with van der Waals surface area (Å²) in [5, 5.41) is 8.39. The Morgan fingerprint density at radius 2 is 1.58 bits per heavy atom. The summed E-state index contributed by atoms with van der Waals surface area (Å²) < 4.78 is 4.69. The van der Waals surface area contributed by atoms with E-state index in [1.807, 2.05) is 46.8 Å². The van der Waals surface area contributed by atoms with Crippen LogP contribution in [0.3, 0.4) is 0 Å². The fraction of sp³-hybridized carbons (Fsp3) is 0.395. The molecule has 2 heterocycles. The first-order valence-electron chi connectivity index (χ1n) is 16.9. The Labute approximate surface area is 292 Å². The number of hydrogen-bond donors (Lipinski definition) is 6. The van der Waals surface area contributed by atoms with E-state index in [0.717, 1.165) is 58.6 Å². The SMILES string of the molecule is C#C[C@H](NC(=O)[C@@H](N)C(C)C)c1ncc(-c2ccc(-c3ccc4c(c3)CCCc3[nH]c([C@H](C)NC(=O)[C@@H](NC(=O)OC)C(C)C)nc3-4)cc2)[nH]1. The molecule has 7 N–H and O–H groups in total. The molecule has 1 aliphatic carbocycles. The van der Waals surface area contributed by atoms with Crippen LogP contribution in [-0.4, -0.2) is 57.0 Å². The van der Waals surface area contributed by atoms with Gasteiger partial charge in [0.1, 0.15) is 23.7 Å². The van der Waals surface area contributed by atoms with Crippen molar-refractivity contribution in [1.82, 2.24) is 35.9 Å². The number of terminal acetylenes is 1. The number of hydrogen-bond acceptors (Lipinski definition) is 7. The lowest BCUT2D eigenvalue weighted by molar-refractivity contribution is -0.125. The van der Waals surface area contributed by atoms with E-state index in [9.17, 15) is 14.4 Å². The lowest BCUT2D eigenvalue weighted by Crippen LogP contribution is -2.50. The van der Waals surface area contributed by atoms with Crippen LogP contribution in [0.4, 0.5) is 4.79 Å². The van der Waals surface area contributed by atoms with E-state index in [4.69, 9.17) is 21.9 Å². The lowest BCUT2D eigenvalue weighted by Gasteiger charge is -2.22. The molecule has 4 atom stereocenters. The molecule has 2 aromatic carbocycles. The molecule has 0 unspecified atom stereocenters. The van der Waals surface area contributed by atoms with Gasteiger partial charge in [0.05, 0.1) is 36.8 Å². The summed E-state index contributed by atoms with van der Waals surface area (Å²) in [5.41, 5.74) is 14.1. The number of carbonyl (C=O) groups excluding carboxylic acids is 3. The third-order valence-corrected chi connectivity index (χ3v) is 9.08. The number of rotatable bonds is 11. The van der Waals surface area contributed by atoms with Crippen molar-refractivity contribution in [1.29, 1.82) is 0 Å². The Bertz CT molecular complexity index is 1880. The van der Waals surface area contributed by atoms with E-state index in [0.29, 0.717) is 11.6 Å². The van der Waals surface area contributed by atoms with Gasteiger partial charge in [0, 0.05) is 11.3 Å². The van der Waals surface area contributed by atoms with Crippen LogP contribution in [0.1, 0.15) is 76.0 Å². The largest absolute Gasteiger partial charge is 0.453 e. The Morgan fingerprint density at radius 3 is 2.24 bits per heavy atom. The van der Waals surface area contributed by atoms with Gasteiger partial charge in [-0.25, -0.2) is 14.8 Å². The van der Waals surface area contributed by atoms with Crippen molar-refractivity contribution >= 4 is 17.9 Å². The monoisotopic (exact) mass is 678 g/mol. The van der Waals surface area contributed by atoms with Gasteiger partial charge in [-0.1, -0.05) is 76.1 Å². The molecule has 0 aliphatic heterocycles. The van der Waals surface area contributed by atoms with Crippen molar-refractivity contribution in [2.45, 2.75) is 78.0 Å². The highest BCUT2D eigenvalue weighted by molar-refractivity contribution is 5.86. The van der Waals surface area contributed by atoms with E-state index in [1.54, 1.807) is 6.20 Å². The van der Waals surface area contributed by atoms with Crippen LogP contribution in [0.25, 0.3) is 33.6 Å². The number of nitrogens with zero attached hydrogens (tertiary/aromatic N) is 2. The van der Waals surface area contributed by atoms with Gasteiger partial charge in [-0.15, -0.1) is 6.42 Å². The standard InChI is InChI=1S/C38H46N8O4/c1-8-28(44-36(47)31(39)20(2)3)35-40-19-30(43-35)24-14-12-23(13-15-24)25-16-17-27-26(18-25)10-9-11-29-33(27)45-34(42-29)22(6)41-37(48)32(21(4)5)46-38(49)50-7/h1,12-22,28,31-32H,9-11,39H2,2-7H3,(H,40,43)(H,41,48)(H,42,45)(H,44,47)(H,46,49)/t22-,28-,31-,32-/m0/s1. The first-order chi connectivity index (χ1) is 23.9. The van der Waals surface area contributed by atoms with Gasteiger partial charge in [0.25, 0.3) is 0 Å². The third-order valence-electron chi connectivity index (χ3n) is 9.08. The number of nitrogens with one attached hydrogen (secondary N) is 5. The number of alkyl carbamates (subject to hydrolysis) is 1. The smallest absolute Gasteiger partial charge is 0.407 e. The third kappa shape index (κ3) is 7.90. The minimum atomic E-state index is -0.739. The van der Waals surface area contributed by atoms with Crippen molar-refractivity contribution in [2.24, 2.45) is 17.6 Å². The Balaban J connectivity index is 1.30. The molecule has 0 saturated carbocycles. The molecule has 0 fully saturated rings. The number of aryl methyl sites for hydroxylation is 2. The predicted octanol–water partition coefficient (Wildman–Crippen LogP) is 4.95. The van der Waals surface area contributed by atoms with Crippen LogP contribution in [0.15, 0.2) is 48.7 Å². The van der Waals surface area contributed by atoms with Gasteiger partial charge >= 0.3 is 6.09 Å². The maximum atomic E-state index is 13.1. The first kappa shape index (κ1) is 35.9. The molecule has 1 aliphatic rings. The number of benzene rings is 2. The summed E-state index contributed by atoms with van der Waals surface area (Å²) in [5.74, 6) is 2.93. The summed E-state index contributed by atoms with van der Waals surface area (Å²) >= 11 is 0. The molecule has 4 aromatic rings. The summed E-state index contributed by atoms with van der Waals surface area (Å²) in [6.07, 6.45) is 9.46. The predicted molar refractivity (Wildman–Crippen MR) is 192 cm³/mol. The lowest BCUT2D eigenvalue weighted by atomic mass is 9.95. The molecule has 0 bridgehead atoms. The van der Waals surface area contributed by atoms with Crippen LogP contribution in [0, 0.1) is 24.2 Å². The highest BCUT2D eigenvalue weighted by Crippen LogP contribution is 2.35. The van der Waals surface area contributed by atoms with Crippen LogP contribution >= 0.6 is 0 Å². The normalized spacial score (nSPS) is 14.7. The van der Waals surface area contributed by atoms with Gasteiger partial charge in [-0.05, 0) is 60.3 Å². The second-order valence-corrected chi connectivity index (χ2v) is 13.4. The zero-order valence-electron chi connectivity index (χ0n) is 29.4. The number of nitrogens with two attached hydrogens (primary N) is 1. The molecular weight excluding hydrogens is 632 g/mol. The molecule has 50 heavy (non-hydrogen) atoms. The molecule has 12 heteroatoms. The molecule has 0 saturated heterocycles. The number of fused-ring (bicyclic) bond motifs is 3. The highest BCUT2D eigenvalue weighted by atomic mass is 16.5. The van der Waals surface area contributed by atoms with Gasteiger partial charge < -0.3 is 36.4 Å². The number of aromatic nitrogens is 4. The second kappa shape index (κ2) is 15.4. The first-order valence-corrected chi connectivity index (χ1v) is 16.9. The number of aromatic amines is 2. The Morgan fingerprint density at radius 1 is 0.880 bits per heavy atom. The van der Waals surface area contributed by atoms with Crippen molar-refractivity contribution < 1.29 is 19.1 Å². The van der Waals surface area contributed by atoms with Crippen molar-refractivity contribution in [3.05, 3.63) is 71.6 Å². The zero-order chi connectivity index (χ0) is 36.1. The number of methoxy groups -OCH3 is 1. The number of carbonyl (C=O) groups is 3. The van der Waals surface area contributed by atoms with E-state index in [-0.39, 0.29) is 23.7 Å². The van der Waals surface area contributed by atoms with E-state index >= 15 is 0 Å². The van der Waals surface area contributed by atoms with E-state index in [2.05, 4.69) is 67.2 Å². The fourth-order valence-electron chi connectivity index (χ4n) is 6.00. The van der Waals surface area contributed by atoms with Crippen molar-refractivity contribution in [2.75, 3.05) is 7.11 Å². The fourth-order valence-corrected chi connectivity index (χ4v) is 6.00.